The highest BCUT2D eigenvalue weighted by Gasteiger charge is 2.13. The number of hydrogen-bond donors (Lipinski definition) is 2. The Morgan fingerprint density at radius 1 is 1.17 bits per heavy atom. The molecular weight excluding hydrogens is 259 g/mol. The molecule has 0 bridgehead atoms. The maximum Gasteiger partial charge on any atom is 0.165 e. The van der Waals surface area contributed by atoms with Crippen LogP contribution in [-0.4, -0.2) is 16.5 Å². The van der Waals surface area contributed by atoms with E-state index in [1.54, 1.807) is 0 Å². The van der Waals surface area contributed by atoms with E-state index in [1.165, 1.54) is 24.3 Å². The lowest BCUT2D eigenvalue weighted by atomic mass is 10.0. The third kappa shape index (κ3) is 2.02. The van der Waals surface area contributed by atoms with Crippen molar-refractivity contribution < 1.29 is 19.4 Å². The van der Waals surface area contributed by atoms with Crippen molar-refractivity contribution in [1.82, 2.24) is 0 Å². The van der Waals surface area contributed by atoms with Crippen molar-refractivity contribution in [3.8, 4) is 22.6 Å². The second kappa shape index (κ2) is 4.66. The summed E-state index contributed by atoms with van der Waals surface area (Å²) in [7, 11) is 0. The van der Waals surface area contributed by atoms with E-state index in [4.69, 9.17) is 16.7 Å². The Hall–Kier alpha value is -2.07. The molecule has 2 N–H and O–H groups in total. The van der Waals surface area contributed by atoms with Crippen molar-refractivity contribution in [1.29, 1.82) is 0 Å². The van der Waals surface area contributed by atoms with Crippen LogP contribution in [0.2, 0.25) is 5.02 Å². The fraction of sp³-hybridized carbons (Fsp3) is 0. The van der Waals surface area contributed by atoms with Crippen LogP contribution >= 0.6 is 11.6 Å². The average molecular weight is 267 g/mol. The molecule has 0 aliphatic carbocycles. The van der Waals surface area contributed by atoms with Crippen LogP contribution in [0.4, 0.5) is 4.39 Å². The van der Waals surface area contributed by atoms with Crippen LogP contribution in [-0.2, 0) is 0 Å². The van der Waals surface area contributed by atoms with Crippen molar-refractivity contribution in [2.24, 2.45) is 0 Å². The van der Waals surface area contributed by atoms with Crippen molar-refractivity contribution in [3.05, 3.63) is 46.7 Å². The van der Waals surface area contributed by atoms with Gasteiger partial charge in [-0.25, -0.2) is 4.39 Å². The minimum absolute atomic E-state index is 0.0373. The van der Waals surface area contributed by atoms with Gasteiger partial charge in [-0.2, -0.15) is 0 Å². The average Bonchev–Trinajstić information content (AvgIpc) is 2.36. The summed E-state index contributed by atoms with van der Waals surface area (Å²) in [4.78, 5) is 10.6. The SMILES string of the molecule is O=Cc1ccc(-c2ccc(O)c(F)c2)c(Cl)c1O. The molecule has 92 valence electrons. The first-order valence-corrected chi connectivity index (χ1v) is 5.38. The van der Waals surface area contributed by atoms with Crippen LogP contribution in [0.1, 0.15) is 10.4 Å². The molecule has 2 rings (SSSR count). The number of halogens is 2. The molecule has 2 aromatic rings. The molecule has 0 aliphatic heterocycles. The summed E-state index contributed by atoms with van der Waals surface area (Å²) in [5.41, 5.74) is 0.824. The predicted octanol–water partition coefficient (Wildman–Crippen LogP) is 3.37. The van der Waals surface area contributed by atoms with E-state index in [2.05, 4.69) is 0 Å². The zero-order chi connectivity index (χ0) is 13.3. The minimum atomic E-state index is -0.789. The largest absolute Gasteiger partial charge is 0.506 e. The van der Waals surface area contributed by atoms with Crippen molar-refractivity contribution >= 4 is 17.9 Å². The molecular formula is C13H8ClFO3. The lowest BCUT2D eigenvalue weighted by Gasteiger charge is -2.08. The molecule has 0 aliphatic rings. The number of carbonyl (C=O) groups is 1. The van der Waals surface area contributed by atoms with Gasteiger partial charge in [-0.1, -0.05) is 23.7 Å². The van der Waals surface area contributed by atoms with Crippen LogP contribution in [0.15, 0.2) is 30.3 Å². The highest BCUT2D eigenvalue weighted by Crippen LogP contribution is 2.37. The van der Waals surface area contributed by atoms with E-state index < -0.39 is 11.6 Å². The Kier molecular flexibility index (Phi) is 3.21. The normalized spacial score (nSPS) is 10.3. The molecule has 3 nitrogen and oxygen atoms in total. The van der Waals surface area contributed by atoms with Gasteiger partial charge in [0.2, 0.25) is 0 Å². The van der Waals surface area contributed by atoms with Crippen LogP contribution in [0.3, 0.4) is 0 Å². The monoisotopic (exact) mass is 266 g/mol. The minimum Gasteiger partial charge on any atom is -0.506 e. The number of phenolic OH excluding ortho intramolecular Hbond substituents is 2. The maximum atomic E-state index is 13.2. The van der Waals surface area contributed by atoms with Gasteiger partial charge in [-0.05, 0) is 23.8 Å². The number of hydrogen-bond acceptors (Lipinski definition) is 3. The summed E-state index contributed by atoms with van der Waals surface area (Å²) in [6, 6.07) is 6.62. The molecule has 0 saturated carbocycles. The fourth-order valence-electron chi connectivity index (χ4n) is 1.57. The molecule has 0 amide bonds. The highest BCUT2D eigenvalue weighted by molar-refractivity contribution is 6.35. The van der Waals surface area contributed by atoms with Gasteiger partial charge in [0.15, 0.2) is 17.9 Å². The number of rotatable bonds is 2. The second-order valence-corrected chi connectivity index (χ2v) is 4.03. The molecule has 18 heavy (non-hydrogen) atoms. The molecule has 0 saturated heterocycles. The zero-order valence-corrected chi connectivity index (χ0v) is 9.78. The fourth-order valence-corrected chi connectivity index (χ4v) is 1.85. The molecule has 0 heterocycles. The third-order valence-corrected chi connectivity index (χ3v) is 2.92. The Bertz CT molecular complexity index is 626. The highest BCUT2D eigenvalue weighted by atomic mass is 35.5. The molecule has 0 spiro atoms. The second-order valence-electron chi connectivity index (χ2n) is 3.65. The van der Waals surface area contributed by atoms with E-state index in [1.807, 2.05) is 0 Å². The van der Waals surface area contributed by atoms with Crippen molar-refractivity contribution in [2.75, 3.05) is 0 Å². The number of aromatic hydroxyl groups is 2. The first-order valence-electron chi connectivity index (χ1n) is 5.00. The Labute approximate surface area is 107 Å². The quantitative estimate of drug-likeness (QED) is 0.820. The first-order chi connectivity index (χ1) is 8.54. The molecule has 2 aromatic carbocycles. The number of phenols is 2. The zero-order valence-electron chi connectivity index (χ0n) is 9.02. The van der Waals surface area contributed by atoms with Gasteiger partial charge < -0.3 is 10.2 Å². The summed E-state index contributed by atoms with van der Waals surface area (Å²) in [5.74, 6) is -1.61. The van der Waals surface area contributed by atoms with Gasteiger partial charge in [-0.15, -0.1) is 0 Å². The van der Waals surface area contributed by atoms with Gasteiger partial charge in [0.05, 0.1) is 10.6 Å². The van der Waals surface area contributed by atoms with Crippen molar-refractivity contribution in [3.63, 3.8) is 0 Å². The van der Waals surface area contributed by atoms with Crippen LogP contribution in [0.5, 0.6) is 11.5 Å². The van der Waals surface area contributed by atoms with Crippen LogP contribution in [0, 0.1) is 5.82 Å². The summed E-state index contributed by atoms with van der Waals surface area (Å²) in [5, 5.41) is 18.7. The van der Waals surface area contributed by atoms with Gasteiger partial charge in [-0.3, -0.25) is 4.79 Å². The van der Waals surface area contributed by atoms with Crippen molar-refractivity contribution in [2.45, 2.75) is 0 Å². The van der Waals surface area contributed by atoms with Crippen LogP contribution < -0.4 is 0 Å². The Balaban J connectivity index is 2.61. The van der Waals surface area contributed by atoms with E-state index in [9.17, 15) is 14.3 Å². The van der Waals surface area contributed by atoms with Gasteiger partial charge in [0.25, 0.3) is 0 Å². The van der Waals surface area contributed by atoms with Crippen LogP contribution in [0.25, 0.3) is 11.1 Å². The first kappa shape index (κ1) is 12.4. The Morgan fingerprint density at radius 3 is 2.50 bits per heavy atom. The Morgan fingerprint density at radius 2 is 1.89 bits per heavy atom. The summed E-state index contributed by atoms with van der Waals surface area (Å²) >= 11 is 5.91. The lowest BCUT2D eigenvalue weighted by Crippen LogP contribution is -1.87. The molecule has 0 radical (unpaired) electrons. The summed E-state index contributed by atoms with van der Waals surface area (Å²) < 4.78 is 13.2. The van der Waals surface area contributed by atoms with E-state index in [0.717, 1.165) is 6.07 Å². The van der Waals surface area contributed by atoms with E-state index in [0.29, 0.717) is 17.4 Å². The van der Waals surface area contributed by atoms with E-state index in [-0.39, 0.29) is 16.3 Å². The third-order valence-electron chi connectivity index (χ3n) is 2.53. The number of benzene rings is 2. The topological polar surface area (TPSA) is 57.5 Å². The molecule has 0 fully saturated rings. The predicted molar refractivity (Wildman–Crippen MR) is 65.6 cm³/mol. The smallest absolute Gasteiger partial charge is 0.165 e. The molecule has 0 unspecified atom stereocenters. The molecule has 0 atom stereocenters. The maximum absolute atomic E-state index is 13.2. The number of aldehydes is 1. The summed E-state index contributed by atoms with van der Waals surface area (Å²) in [6.07, 6.45) is 0.475. The van der Waals surface area contributed by atoms with Gasteiger partial charge in [0, 0.05) is 5.56 Å². The lowest BCUT2D eigenvalue weighted by molar-refractivity contribution is 0.112. The number of carbonyl (C=O) groups excluding carboxylic acids is 1. The summed E-state index contributed by atoms with van der Waals surface area (Å²) in [6.45, 7) is 0. The van der Waals surface area contributed by atoms with Gasteiger partial charge >= 0.3 is 0 Å². The van der Waals surface area contributed by atoms with E-state index >= 15 is 0 Å². The molecule has 5 heteroatoms. The standard InChI is InChI=1S/C13H8ClFO3/c14-12-9(3-1-8(6-16)13(12)18)7-2-4-11(17)10(15)5-7/h1-6,17-18H. The van der Waals surface area contributed by atoms with Gasteiger partial charge in [0.1, 0.15) is 5.75 Å². The molecule has 0 aromatic heterocycles.